The van der Waals surface area contributed by atoms with E-state index in [4.69, 9.17) is 4.74 Å². The van der Waals surface area contributed by atoms with E-state index in [2.05, 4.69) is 27.7 Å². The molecule has 2 amide bonds. The Bertz CT molecular complexity index is 897. The molecule has 30 heavy (non-hydrogen) atoms. The molecule has 0 aliphatic carbocycles. The van der Waals surface area contributed by atoms with Crippen LogP contribution in [0.15, 0.2) is 53.4 Å². The topological polar surface area (TPSA) is 70.7 Å². The average Bonchev–Trinajstić information content (AvgIpc) is 3.29. The minimum Gasteiger partial charge on any atom is -0.497 e. The summed E-state index contributed by atoms with van der Waals surface area (Å²) in [6.45, 7) is 2.59. The van der Waals surface area contributed by atoms with Crippen molar-refractivity contribution in [2.75, 3.05) is 32.1 Å². The van der Waals surface area contributed by atoms with E-state index in [0.717, 1.165) is 35.0 Å². The van der Waals surface area contributed by atoms with E-state index in [-0.39, 0.29) is 24.3 Å². The number of para-hydroxylation sites is 1. The van der Waals surface area contributed by atoms with Crippen molar-refractivity contribution in [2.45, 2.75) is 35.4 Å². The van der Waals surface area contributed by atoms with Crippen LogP contribution in [0.4, 0.5) is 5.69 Å². The Morgan fingerprint density at radius 1 is 1.20 bits per heavy atom. The number of carbonyl (C=O) groups excluding carboxylic acids is 2. The summed E-state index contributed by atoms with van der Waals surface area (Å²) in [6.07, 6.45) is 2.53. The standard InChI is InChI=1S/C23H27N3O3S/c1-29-17-10-8-16(9-11-17)19(26-12-4-5-13-26)15-24-22(27)14-21-23(28)25-18-6-2-3-7-20(18)30-21/h2-3,6-11,19,21H,4-5,12-15H2,1H3,(H,24,27)(H,25,28)/t19-,21+/m1/s1. The first-order valence-electron chi connectivity index (χ1n) is 10.4. The van der Waals surface area contributed by atoms with Crippen LogP contribution in [0.2, 0.25) is 0 Å². The van der Waals surface area contributed by atoms with Crippen LogP contribution in [0.5, 0.6) is 5.75 Å². The Morgan fingerprint density at radius 2 is 1.93 bits per heavy atom. The number of anilines is 1. The second kappa shape index (κ2) is 9.53. The zero-order valence-corrected chi connectivity index (χ0v) is 17.9. The largest absolute Gasteiger partial charge is 0.497 e. The van der Waals surface area contributed by atoms with Gasteiger partial charge in [0, 0.05) is 17.9 Å². The predicted molar refractivity (Wildman–Crippen MR) is 119 cm³/mol. The van der Waals surface area contributed by atoms with Gasteiger partial charge in [-0.2, -0.15) is 0 Å². The van der Waals surface area contributed by atoms with E-state index in [1.54, 1.807) is 7.11 Å². The average molecular weight is 426 g/mol. The second-order valence-electron chi connectivity index (χ2n) is 7.63. The molecule has 2 aromatic carbocycles. The number of hydrogen-bond acceptors (Lipinski definition) is 5. The summed E-state index contributed by atoms with van der Waals surface area (Å²) in [5.74, 6) is 0.614. The molecule has 0 radical (unpaired) electrons. The molecule has 0 aromatic heterocycles. The number of nitrogens with one attached hydrogen (secondary N) is 2. The smallest absolute Gasteiger partial charge is 0.238 e. The third-order valence-electron chi connectivity index (χ3n) is 5.65. The van der Waals surface area contributed by atoms with Crippen molar-refractivity contribution in [3.8, 4) is 5.75 Å². The SMILES string of the molecule is COc1ccc([C@@H](CNC(=O)C[C@@H]2Sc3ccccc3NC2=O)N2CCCC2)cc1. The van der Waals surface area contributed by atoms with E-state index in [9.17, 15) is 9.59 Å². The summed E-state index contributed by atoms with van der Waals surface area (Å²) >= 11 is 1.46. The second-order valence-corrected chi connectivity index (χ2v) is 8.88. The van der Waals surface area contributed by atoms with Crippen molar-refractivity contribution in [1.82, 2.24) is 10.2 Å². The molecule has 6 nitrogen and oxygen atoms in total. The lowest BCUT2D eigenvalue weighted by atomic mass is 10.0. The molecule has 2 aliphatic rings. The highest BCUT2D eigenvalue weighted by Crippen LogP contribution is 2.36. The maximum atomic E-state index is 12.7. The van der Waals surface area contributed by atoms with E-state index < -0.39 is 5.25 Å². The van der Waals surface area contributed by atoms with Gasteiger partial charge >= 0.3 is 0 Å². The lowest BCUT2D eigenvalue weighted by Crippen LogP contribution is -2.39. The summed E-state index contributed by atoms with van der Waals surface area (Å²) in [4.78, 5) is 28.5. The van der Waals surface area contributed by atoms with Crippen LogP contribution in [-0.2, 0) is 9.59 Å². The Hall–Kier alpha value is -2.51. The first kappa shape index (κ1) is 20.8. The molecule has 1 fully saturated rings. The molecule has 158 valence electrons. The number of rotatable bonds is 7. The van der Waals surface area contributed by atoms with Crippen molar-refractivity contribution < 1.29 is 14.3 Å². The lowest BCUT2D eigenvalue weighted by Gasteiger charge is -2.29. The number of hydrogen-bond donors (Lipinski definition) is 2. The minimum absolute atomic E-state index is 0.0975. The number of nitrogens with zero attached hydrogens (tertiary/aromatic N) is 1. The predicted octanol–water partition coefficient (Wildman–Crippen LogP) is 3.45. The van der Waals surface area contributed by atoms with E-state index in [0.29, 0.717) is 6.54 Å². The highest BCUT2D eigenvalue weighted by atomic mass is 32.2. The molecule has 2 heterocycles. The van der Waals surface area contributed by atoms with Crippen LogP contribution in [0, 0.1) is 0 Å². The van der Waals surface area contributed by atoms with Gasteiger partial charge in [-0.1, -0.05) is 24.3 Å². The van der Waals surface area contributed by atoms with Gasteiger partial charge in [0.15, 0.2) is 0 Å². The fourth-order valence-electron chi connectivity index (χ4n) is 4.02. The van der Waals surface area contributed by atoms with Gasteiger partial charge in [0.2, 0.25) is 11.8 Å². The van der Waals surface area contributed by atoms with Crippen LogP contribution in [-0.4, -0.2) is 48.7 Å². The fraction of sp³-hybridized carbons (Fsp3) is 0.391. The number of benzene rings is 2. The van der Waals surface area contributed by atoms with Gasteiger partial charge in [0.25, 0.3) is 0 Å². The van der Waals surface area contributed by atoms with Crippen molar-refractivity contribution in [3.63, 3.8) is 0 Å². The molecule has 0 spiro atoms. The molecular weight excluding hydrogens is 398 g/mol. The van der Waals surface area contributed by atoms with Crippen molar-refractivity contribution >= 4 is 29.3 Å². The number of ether oxygens (including phenoxy) is 1. The number of methoxy groups -OCH3 is 1. The van der Waals surface area contributed by atoms with Crippen LogP contribution < -0.4 is 15.4 Å². The molecule has 2 atom stereocenters. The number of fused-ring (bicyclic) bond motifs is 1. The maximum Gasteiger partial charge on any atom is 0.238 e. The molecule has 7 heteroatoms. The Kier molecular flexibility index (Phi) is 6.59. The van der Waals surface area contributed by atoms with Gasteiger partial charge in [-0.3, -0.25) is 14.5 Å². The lowest BCUT2D eigenvalue weighted by molar-refractivity contribution is -0.124. The summed E-state index contributed by atoms with van der Waals surface area (Å²) in [5.41, 5.74) is 1.98. The van der Waals surface area contributed by atoms with Gasteiger partial charge in [-0.05, 0) is 55.8 Å². The van der Waals surface area contributed by atoms with Crippen LogP contribution >= 0.6 is 11.8 Å². The number of thioether (sulfide) groups is 1. The normalized spacial score (nSPS) is 19.6. The summed E-state index contributed by atoms with van der Waals surface area (Å²) in [6, 6.07) is 15.9. The summed E-state index contributed by atoms with van der Waals surface area (Å²) in [5, 5.41) is 5.56. The fourth-order valence-corrected chi connectivity index (χ4v) is 5.13. The molecular formula is C23H27N3O3S. The van der Waals surface area contributed by atoms with E-state index in [1.165, 1.54) is 24.6 Å². The number of amides is 2. The van der Waals surface area contributed by atoms with Crippen LogP contribution in [0.3, 0.4) is 0 Å². The van der Waals surface area contributed by atoms with Crippen molar-refractivity contribution in [2.24, 2.45) is 0 Å². The molecule has 2 aromatic rings. The van der Waals surface area contributed by atoms with Crippen molar-refractivity contribution in [1.29, 1.82) is 0 Å². The quantitative estimate of drug-likeness (QED) is 0.711. The van der Waals surface area contributed by atoms with Crippen LogP contribution in [0.25, 0.3) is 0 Å². The molecule has 2 N–H and O–H groups in total. The number of likely N-dealkylation sites (tertiary alicyclic amines) is 1. The third kappa shape index (κ3) is 4.79. The molecule has 0 bridgehead atoms. The monoisotopic (exact) mass is 425 g/mol. The highest BCUT2D eigenvalue weighted by Gasteiger charge is 2.30. The maximum absolute atomic E-state index is 12.7. The third-order valence-corrected chi connectivity index (χ3v) is 6.93. The van der Waals surface area contributed by atoms with E-state index >= 15 is 0 Å². The zero-order chi connectivity index (χ0) is 20.9. The van der Waals surface area contributed by atoms with Crippen LogP contribution in [0.1, 0.15) is 30.9 Å². The molecule has 4 rings (SSSR count). The molecule has 2 aliphatic heterocycles. The summed E-state index contributed by atoms with van der Waals surface area (Å²) in [7, 11) is 1.66. The zero-order valence-electron chi connectivity index (χ0n) is 17.1. The first-order valence-corrected chi connectivity index (χ1v) is 11.2. The van der Waals surface area contributed by atoms with Gasteiger partial charge in [-0.15, -0.1) is 11.8 Å². The van der Waals surface area contributed by atoms with Gasteiger partial charge < -0.3 is 15.4 Å². The number of carbonyl (C=O) groups is 2. The van der Waals surface area contributed by atoms with Gasteiger partial charge in [0.1, 0.15) is 5.75 Å². The minimum atomic E-state index is -0.411. The molecule has 0 unspecified atom stereocenters. The van der Waals surface area contributed by atoms with Crippen molar-refractivity contribution in [3.05, 3.63) is 54.1 Å². The first-order chi connectivity index (χ1) is 14.6. The van der Waals surface area contributed by atoms with E-state index in [1.807, 2.05) is 36.4 Å². The van der Waals surface area contributed by atoms with Gasteiger partial charge in [-0.25, -0.2) is 0 Å². The Morgan fingerprint density at radius 3 is 2.67 bits per heavy atom. The molecule has 1 saturated heterocycles. The highest BCUT2D eigenvalue weighted by molar-refractivity contribution is 8.01. The summed E-state index contributed by atoms with van der Waals surface area (Å²) < 4.78 is 5.27. The van der Waals surface area contributed by atoms with Gasteiger partial charge in [0.05, 0.1) is 24.1 Å². The Labute approximate surface area is 181 Å². The Balaban J connectivity index is 1.38. The molecule has 0 saturated carbocycles.